The van der Waals surface area contributed by atoms with Crippen LogP contribution in [0.1, 0.15) is 10.4 Å². The van der Waals surface area contributed by atoms with Gasteiger partial charge >= 0.3 is 0 Å². The Morgan fingerprint density at radius 2 is 2.08 bits per heavy atom. The second-order valence-corrected chi connectivity index (χ2v) is 8.62. The molecule has 1 aliphatic heterocycles. The van der Waals surface area contributed by atoms with E-state index >= 15 is 0 Å². The van der Waals surface area contributed by atoms with E-state index in [-0.39, 0.29) is 17.3 Å². The summed E-state index contributed by atoms with van der Waals surface area (Å²) in [5.41, 5.74) is 0.407. The van der Waals surface area contributed by atoms with Gasteiger partial charge in [-0.25, -0.2) is 18.1 Å². The van der Waals surface area contributed by atoms with Gasteiger partial charge in [-0.2, -0.15) is 11.8 Å². The minimum atomic E-state index is -3.66. The second kappa shape index (κ2) is 8.03. The number of rotatable bonds is 6. The van der Waals surface area contributed by atoms with Crippen LogP contribution in [0.2, 0.25) is 0 Å². The zero-order valence-corrected chi connectivity index (χ0v) is 15.3. The van der Waals surface area contributed by atoms with Gasteiger partial charge in [0.15, 0.2) is 0 Å². The van der Waals surface area contributed by atoms with Gasteiger partial charge in [-0.05, 0) is 18.2 Å². The van der Waals surface area contributed by atoms with Crippen molar-refractivity contribution in [2.45, 2.75) is 11.4 Å². The van der Waals surface area contributed by atoms with E-state index in [0.717, 1.165) is 11.5 Å². The van der Waals surface area contributed by atoms with Gasteiger partial charge in [0.1, 0.15) is 0 Å². The van der Waals surface area contributed by atoms with Crippen LogP contribution < -0.4 is 4.72 Å². The maximum atomic E-state index is 12.5. The smallest absolute Gasteiger partial charge is 0.253 e. The van der Waals surface area contributed by atoms with Crippen molar-refractivity contribution >= 4 is 27.7 Å². The summed E-state index contributed by atoms with van der Waals surface area (Å²) >= 11 is 1.82. The monoisotopic (exact) mass is 380 g/mol. The average molecular weight is 380 g/mol. The molecule has 7 nitrogen and oxygen atoms in total. The highest BCUT2D eigenvalue weighted by molar-refractivity contribution is 7.99. The van der Waals surface area contributed by atoms with Crippen molar-refractivity contribution in [3.8, 4) is 0 Å². The molecule has 0 saturated carbocycles. The summed E-state index contributed by atoms with van der Waals surface area (Å²) in [7, 11) is -3.66. The van der Waals surface area contributed by atoms with Crippen molar-refractivity contribution in [3.63, 3.8) is 0 Å². The zero-order chi connectivity index (χ0) is 17.7. The van der Waals surface area contributed by atoms with E-state index in [1.165, 1.54) is 12.1 Å². The fourth-order valence-electron chi connectivity index (χ4n) is 2.56. The lowest BCUT2D eigenvalue weighted by Gasteiger charge is -2.26. The number of benzene rings is 1. The summed E-state index contributed by atoms with van der Waals surface area (Å²) < 4.78 is 29.2. The Labute approximate surface area is 151 Å². The molecule has 2 aromatic rings. The lowest BCUT2D eigenvalue weighted by molar-refractivity contribution is 0.0772. The lowest BCUT2D eigenvalue weighted by atomic mass is 10.2. The number of nitrogens with one attached hydrogen (secondary N) is 1. The molecule has 1 aliphatic rings. The minimum Gasteiger partial charge on any atom is -0.337 e. The Morgan fingerprint density at radius 1 is 1.28 bits per heavy atom. The molecule has 0 atom stereocenters. The maximum Gasteiger partial charge on any atom is 0.253 e. The largest absolute Gasteiger partial charge is 0.337 e. The Kier molecular flexibility index (Phi) is 5.77. The molecule has 2 heterocycles. The van der Waals surface area contributed by atoms with Crippen LogP contribution in [0.4, 0.5) is 0 Å². The number of nitrogens with zero attached hydrogens (tertiary/aromatic N) is 3. The van der Waals surface area contributed by atoms with Crippen LogP contribution in [0, 0.1) is 0 Å². The van der Waals surface area contributed by atoms with Crippen LogP contribution in [-0.4, -0.2) is 59.9 Å². The molecule has 1 N–H and O–H groups in total. The van der Waals surface area contributed by atoms with E-state index in [1.54, 1.807) is 40.3 Å². The topological polar surface area (TPSA) is 84.3 Å². The Bertz CT molecular complexity index is 816. The number of hydrogen-bond acceptors (Lipinski definition) is 5. The van der Waals surface area contributed by atoms with E-state index in [2.05, 4.69) is 9.71 Å². The summed E-state index contributed by atoms with van der Waals surface area (Å²) in [6, 6.07) is 6.22. The van der Waals surface area contributed by atoms with Gasteiger partial charge in [-0.15, -0.1) is 0 Å². The predicted octanol–water partition coefficient (Wildman–Crippen LogP) is 1.05. The van der Waals surface area contributed by atoms with Crippen molar-refractivity contribution in [3.05, 3.63) is 48.5 Å². The van der Waals surface area contributed by atoms with Crippen molar-refractivity contribution < 1.29 is 13.2 Å². The molecule has 0 unspecified atom stereocenters. The summed E-state index contributed by atoms with van der Waals surface area (Å²) in [5, 5.41) is 0. The molecule has 0 radical (unpaired) electrons. The normalized spacial score (nSPS) is 15.3. The molecule has 9 heteroatoms. The summed E-state index contributed by atoms with van der Waals surface area (Å²) in [6.45, 7) is 2.14. The zero-order valence-electron chi connectivity index (χ0n) is 13.7. The number of hydrogen-bond donors (Lipinski definition) is 1. The van der Waals surface area contributed by atoms with Gasteiger partial charge in [0.05, 0.1) is 11.2 Å². The first kappa shape index (κ1) is 18.0. The SMILES string of the molecule is O=C(c1cccc(S(=O)(=O)NCCn2ccnc2)c1)N1CCSCC1. The van der Waals surface area contributed by atoms with Crippen LogP contribution in [0.5, 0.6) is 0 Å². The van der Waals surface area contributed by atoms with Gasteiger partial charge in [-0.3, -0.25) is 4.79 Å². The first-order valence-electron chi connectivity index (χ1n) is 7.99. The van der Waals surface area contributed by atoms with E-state index < -0.39 is 10.0 Å². The summed E-state index contributed by atoms with van der Waals surface area (Å²) in [4.78, 5) is 18.3. The number of sulfonamides is 1. The first-order chi connectivity index (χ1) is 12.1. The standard InChI is InChI=1S/C16H20N4O3S2/c21-16(20-8-10-24-11-9-20)14-2-1-3-15(12-14)25(22,23)18-5-7-19-6-4-17-13-19/h1-4,6,12-13,18H,5,7-11H2. The third kappa shape index (κ3) is 4.62. The quantitative estimate of drug-likeness (QED) is 0.810. The van der Waals surface area contributed by atoms with Gasteiger partial charge in [0, 0.05) is 55.6 Å². The fourth-order valence-corrected chi connectivity index (χ4v) is 4.53. The van der Waals surface area contributed by atoms with Gasteiger partial charge in [0.2, 0.25) is 10.0 Å². The number of carbonyl (C=O) groups is 1. The van der Waals surface area contributed by atoms with Crippen molar-refractivity contribution in [2.24, 2.45) is 0 Å². The molecule has 0 aliphatic carbocycles. The van der Waals surface area contributed by atoms with E-state index in [9.17, 15) is 13.2 Å². The van der Waals surface area contributed by atoms with Crippen LogP contribution >= 0.6 is 11.8 Å². The maximum absolute atomic E-state index is 12.5. The molecule has 3 rings (SSSR count). The van der Waals surface area contributed by atoms with E-state index in [4.69, 9.17) is 0 Å². The predicted molar refractivity (Wildman–Crippen MR) is 97.1 cm³/mol. The van der Waals surface area contributed by atoms with Crippen LogP contribution in [0.3, 0.4) is 0 Å². The van der Waals surface area contributed by atoms with Crippen LogP contribution in [-0.2, 0) is 16.6 Å². The molecule has 1 aromatic heterocycles. The number of thioether (sulfide) groups is 1. The minimum absolute atomic E-state index is 0.107. The molecular weight excluding hydrogens is 360 g/mol. The third-order valence-corrected chi connectivity index (χ3v) is 6.31. The Balaban J connectivity index is 1.67. The number of amides is 1. The third-order valence-electron chi connectivity index (χ3n) is 3.91. The summed E-state index contributed by atoms with van der Waals surface area (Å²) in [5.74, 6) is 1.72. The number of imidazole rings is 1. The van der Waals surface area contributed by atoms with E-state index in [1.807, 2.05) is 11.8 Å². The molecular formula is C16H20N4O3S2. The van der Waals surface area contributed by atoms with Gasteiger partial charge < -0.3 is 9.47 Å². The van der Waals surface area contributed by atoms with Gasteiger partial charge in [0.25, 0.3) is 5.91 Å². The fraction of sp³-hybridized carbons (Fsp3) is 0.375. The van der Waals surface area contributed by atoms with Crippen molar-refractivity contribution in [1.29, 1.82) is 0 Å². The molecule has 25 heavy (non-hydrogen) atoms. The molecule has 1 aromatic carbocycles. The number of carbonyl (C=O) groups excluding carboxylic acids is 1. The van der Waals surface area contributed by atoms with E-state index in [0.29, 0.717) is 25.2 Å². The molecule has 1 amide bonds. The lowest BCUT2D eigenvalue weighted by Crippen LogP contribution is -2.38. The average Bonchev–Trinajstić information content (AvgIpc) is 3.15. The highest BCUT2D eigenvalue weighted by atomic mass is 32.2. The highest BCUT2D eigenvalue weighted by Crippen LogP contribution is 2.16. The molecule has 0 bridgehead atoms. The highest BCUT2D eigenvalue weighted by Gasteiger charge is 2.21. The molecule has 1 fully saturated rings. The van der Waals surface area contributed by atoms with Crippen LogP contribution in [0.15, 0.2) is 47.9 Å². The molecule has 134 valence electrons. The molecule has 1 saturated heterocycles. The second-order valence-electron chi connectivity index (χ2n) is 5.63. The number of aromatic nitrogens is 2. The summed E-state index contributed by atoms with van der Waals surface area (Å²) in [6.07, 6.45) is 5.04. The Hall–Kier alpha value is -1.84. The van der Waals surface area contributed by atoms with Crippen LogP contribution in [0.25, 0.3) is 0 Å². The first-order valence-corrected chi connectivity index (χ1v) is 10.6. The Morgan fingerprint density at radius 3 is 2.80 bits per heavy atom. The van der Waals surface area contributed by atoms with Crippen molar-refractivity contribution in [1.82, 2.24) is 19.2 Å². The van der Waals surface area contributed by atoms with Crippen molar-refractivity contribution in [2.75, 3.05) is 31.1 Å². The molecule has 0 spiro atoms. The van der Waals surface area contributed by atoms with Gasteiger partial charge in [-0.1, -0.05) is 6.07 Å².